The molecule has 26 heavy (non-hydrogen) atoms. The molecule has 0 amide bonds. The van der Waals surface area contributed by atoms with Crippen LogP contribution in [0, 0.1) is 6.92 Å². The van der Waals surface area contributed by atoms with Gasteiger partial charge < -0.3 is 14.2 Å². The third kappa shape index (κ3) is 3.85. The Labute approximate surface area is 155 Å². The second-order valence-electron chi connectivity index (χ2n) is 7.63. The van der Waals surface area contributed by atoms with Crippen molar-refractivity contribution < 1.29 is 4.42 Å². The van der Waals surface area contributed by atoms with Crippen LogP contribution in [0.25, 0.3) is 0 Å². The lowest BCUT2D eigenvalue weighted by Crippen LogP contribution is -2.43. The van der Waals surface area contributed by atoms with Crippen molar-refractivity contribution in [1.29, 1.82) is 0 Å². The molecule has 0 saturated carbocycles. The van der Waals surface area contributed by atoms with Gasteiger partial charge in [-0.3, -0.25) is 4.90 Å². The number of piperidine rings is 1. The standard InChI is InChI=1S/C20H29N5O/c1-16-13-19(22-20(21-16)25-8-3-4-9-25)24-10-5-18(6-11-24)23(2)14-17-7-12-26-15-17/h7,12-13,15,18H,3-6,8-11,14H2,1-2H3. The second kappa shape index (κ2) is 7.66. The van der Waals surface area contributed by atoms with Crippen LogP contribution in [0.4, 0.5) is 11.8 Å². The molecule has 0 atom stereocenters. The van der Waals surface area contributed by atoms with Gasteiger partial charge in [-0.05, 0) is 45.7 Å². The van der Waals surface area contributed by atoms with Gasteiger partial charge >= 0.3 is 0 Å². The fourth-order valence-corrected chi connectivity index (χ4v) is 4.09. The summed E-state index contributed by atoms with van der Waals surface area (Å²) >= 11 is 0. The first-order valence-electron chi connectivity index (χ1n) is 9.76. The van der Waals surface area contributed by atoms with Crippen molar-refractivity contribution in [3.05, 3.63) is 35.9 Å². The van der Waals surface area contributed by atoms with Crippen molar-refractivity contribution in [3.8, 4) is 0 Å². The average molecular weight is 355 g/mol. The molecule has 6 heteroatoms. The van der Waals surface area contributed by atoms with Gasteiger partial charge in [0.1, 0.15) is 5.82 Å². The van der Waals surface area contributed by atoms with Gasteiger partial charge in [0, 0.05) is 56.1 Å². The van der Waals surface area contributed by atoms with Crippen molar-refractivity contribution in [1.82, 2.24) is 14.9 Å². The van der Waals surface area contributed by atoms with E-state index in [-0.39, 0.29) is 0 Å². The van der Waals surface area contributed by atoms with Crippen molar-refractivity contribution in [3.63, 3.8) is 0 Å². The monoisotopic (exact) mass is 355 g/mol. The maximum atomic E-state index is 5.19. The van der Waals surface area contributed by atoms with Crippen molar-refractivity contribution in [2.24, 2.45) is 0 Å². The fraction of sp³-hybridized carbons (Fsp3) is 0.600. The van der Waals surface area contributed by atoms with Crippen LogP contribution >= 0.6 is 0 Å². The Morgan fingerprint density at radius 3 is 2.58 bits per heavy atom. The summed E-state index contributed by atoms with van der Waals surface area (Å²) in [4.78, 5) is 16.7. The van der Waals surface area contributed by atoms with Gasteiger partial charge in [0.15, 0.2) is 0 Å². The molecule has 4 rings (SSSR count). The lowest BCUT2D eigenvalue weighted by atomic mass is 10.0. The summed E-state index contributed by atoms with van der Waals surface area (Å²) in [7, 11) is 2.22. The molecule has 0 aliphatic carbocycles. The minimum atomic E-state index is 0.613. The molecule has 4 heterocycles. The zero-order chi connectivity index (χ0) is 17.9. The minimum absolute atomic E-state index is 0.613. The topological polar surface area (TPSA) is 48.6 Å². The Hall–Kier alpha value is -2.08. The third-order valence-electron chi connectivity index (χ3n) is 5.64. The zero-order valence-corrected chi connectivity index (χ0v) is 15.9. The smallest absolute Gasteiger partial charge is 0.227 e. The fourth-order valence-electron chi connectivity index (χ4n) is 4.09. The van der Waals surface area contributed by atoms with E-state index in [4.69, 9.17) is 9.40 Å². The SMILES string of the molecule is Cc1cc(N2CCC(N(C)Cc3ccoc3)CC2)nc(N2CCCC2)n1. The molecule has 0 radical (unpaired) electrons. The van der Waals surface area contributed by atoms with E-state index in [0.717, 1.165) is 63.0 Å². The summed E-state index contributed by atoms with van der Waals surface area (Å²) in [6, 6.07) is 4.80. The van der Waals surface area contributed by atoms with E-state index in [1.165, 1.54) is 18.4 Å². The molecule has 2 aliphatic heterocycles. The number of aryl methyl sites for hydroxylation is 1. The molecule has 0 unspecified atom stereocenters. The van der Waals surface area contributed by atoms with Crippen LogP contribution in [0.2, 0.25) is 0 Å². The highest BCUT2D eigenvalue weighted by Gasteiger charge is 2.25. The van der Waals surface area contributed by atoms with Gasteiger partial charge in [-0.1, -0.05) is 0 Å². The van der Waals surface area contributed by atoms with Crippen LogP contribution in [0.3, 0.4) is 0 Å². The Morgan fingerprint density at radius 1 is 1.12 bits per heavy atom. The summed E-state index contributed by atoms with van der Waals surface area (Å²) in [6.07, 6.45) is 8.42. The van der Waals surface area contributed by atoms with Crippen LogP contribution in [-0.4, -0.2) is 54.1 Å². The Balaban J connectivity index is 1.38. The molecule has 2 aliphatic rings. The average Bonchev–Trinajstić information content (AvgIpc) is 3.35. The quantitative estimate of drug-likeness (QED) is 0.821. The molecule has 2 saturated heterocycles. The normalized spacial score (nSPS) is 18.9. The summed E-state index contributed by atoms with van der Waals surface area (Å²) in [6.45, 7) is 7.31. The van der Waals surface area contributed by atoms with Gasteiger partial charge in [0.25, 0.3) is 0 Å². The highest BCUT2D eigenvalue weighted by molar-refractivity contribution is 5.46. The van der Waals surface area contributed by atoms with Gasteiger partial charge in [0.2, 0.25) is 5.95 Å². The summed E-state index contributed by atoms with van der Waals surface area (Å²) in [5.74, 6) is 2.01. The van der Waals surface area contributed by atoms with E-state index in [1.54, 1.807) is 6.26 Å². The molecule has 0 N–H and O–H groups in total. The van der Waals surface area contributed by atoms with E-state index < -0.39 is 0 Å². The van der Waals surface area contributed by atoms with Crippen LogP contribution < -0.4 is 9.80 Å². The first-order valence-corrected chi connectivity index (χ1v) is 9.76. The molecule has 2 fully saturated rings. The molecule has 6 nitrogen and oxygen atoms in total. The maximum absolute atomic E-state index is 5.19. The molecule has 0 spiro atoms. The highest BCUT2D eigenvalue weighted by Crippen LogP contribution is 2.25. The second-order valence-corrected chi connectivity index (χ2v) is 7.63. The molecule has 2 aromatic heterocycles. The molecular weight excluding hydrogens is 326 g/mol. The minimum Gasteiger partial charge on any atom is -0.472 e. The van der Waals surface area contributed by atoms with Gasteiger partial charge in [-0.25, -0.2) is 4.98 Å². The molecule has 0 aromatic carbocycles. The number of hydrogen-bond acceptors (Lipinski definition) is 6. The maximum Gasteiger partial charge on any atom is 0.227 e. The number of nitrogens with zero attached hydrogens (tertiary/aromatic N) is 5. The largest absolute Gasteiger partial charge is 0.472 e. The van der Waals surface area contributed by atoms with Gasteiger partial charge in [-0.2, -0.15) is 4.98 Å². The predicted molar refractivity (Wildman–Crippen MR) is 104 cm³/mol. The number of rotatable bonds is 5. The molecule has 2 aromatic rings. The van der Waals surface area contributed by atoms with Crippen LogP contribution in [-0.2, 0) is 6.54 Å². The summed E-state index contributed by atoms with van der Waals surface area (Å²) < 4.78 is 5.19. The number of furan rings is 1. The van der Waals surface area contributed by atoms with E-state index in [0.29, 0.717) is 6.04 Å². The lowest BCUT2D eigenvalue weighted by Gasteiger charge is -2.37. The van der Waals surface area contributed by atoms with Crippen LogP contribution in [0.1, 0.15) is 36.9 Å². The van der Waals surface area contributed by atoms with Crippen molar-refractivity contribution in [2.45, 2.75) is 45.2 Å². The van der Waals surface area contributed by atoms with Crippen molar-refractivity contribution >= 4 is 11.8 Å². The zero-order valence-electron chi connectivity index (χ0n) is 15.9. The highest BCUT2D eigenvalue weighted by atomic mass is 16.3. The molecule has 0 bridgehead atoms. The number of hydrogen-bond donors (Lipinski definition) is 0. The van der Waals surface area contributed by atoms with Crippen molar-refractivity contribution in [2.75, 3.05) is 43.0 Å². The van der Waals surface area contributed by atoms with Gasteiger partial charge in [-0.15, -0.1) is 0 Å². The van der Waals surface area contributed by atoms with E-state index in [2.05, 4.69) is 45.8 Å². The van der Waals surface area contributed by atoms with E-state index >= 15 is 0 Å². The van der Waals surface area contributed by atoms with E-state index in [1.807, 2.05) is 6.26 Å². The first-order chi connectivity index (χ1) is 12.7. The van der Waals surface area contributed by atoms with Crippen LogP contribution in [0.15, 0.2) is 29.1 Å². The Kier molecular flexibility index (Phi) is 5.11. The van der Waals surface area contributed by atoms with Crippen LogP contribution in [0.5, 0.6) is 0 Å². The Bertz CT molecular complexity index is 703. The number of anilines is 2. The predicted octanol–water partition coefficient (Wildman–Crippen LogP) is 3.08. The Morgan fingerprint density at radius 2 is 1.88 bits per heavy atom. The number of aromatic nitrogens is 2. The molecular formula is C20H29N5O. The van der Waals surface area contributed by atoms with E-state index in [9.17, 15) is 0 Å². The lowest BCUT2D eigenvalue weighted by molar-refractivity contribution is 0.199. The van der Waals surface area contributed by atoms with Gasteiger partial charge in [0.05, 0.1) is 12.5 Å². The summed E-state index contributed by atoms with van der Waals surface area (Å²) in [5.41, 5.74) is 2.31. The third-order valence-corrected chi connectivity index (χ3v) is 5.64. The summed E-state index contributed by atoms with van der Waals surface area (Å²) in [5, 5.41) is 0. The molecule has 140 valence electrons. The first kappa shape index (κ1) is 17.3.